The highest BCUT2D eigenvalue weighted by atomic mass is 16.4. The molecule has 1 rings (SSSR count). The van der Waals surface area contributed by atoms with E-state index in [9.17, 15) is 4.79 Å². The molecule has 0 aliphatic rings. The Morgan fingerprint density at radius 3 is 2.81 bits per heavy atom. The average Bonchev–Trinajstić information content (AvgIpc) is 2.59. The van der Waals surface area contributed by atoms with Gasteiger partial charge in [0.15, 0.2) is 5.69 Å². The number of aromatic nitrogens is 2. The van der Waals surface area contributed by atoms with Gasteiger partial charge in [-0.3, -0.25) is 9.58 Å². The fourth-order valence-corrected chi connectivity index (χ4v) is 1.56. The second kappa shape index (κ2) is 5.62. The predicted molar refractivity (Wildman–Crippen MR) is 58.2 cm³/mol. The van der Waals surface area contributed by atoms with Gasteiger partial charge in [-0.2, -0.15) is 5.10 Å². The first kappa shape index (κ1) is 12.7. The van der Waals surface area contributed by atoms with Gasteiger partial charge in [-0.1, -0.05) is 6.92 Å². The summed E-state index contributed by atoms with van der Waals surface area (Å²) in [4.78, 5) is 12.9. The number of carboxylic acid groups (broad SMARTS) is 1. The maximum atomic E-state index is 10.9. The highest BCUT2D eigenvalue weighted by molar-refractivity contribution is 5.86. The van der Waals surface area contributed by atoms with Crippen molar-refractivity contribution in [3.63, 3.8) is 0 Å². The number of aryl methyl sites for hydroxylation is 1. The van der Waals surface area contributed by atoms with Crippen molar-refractivity contribution >= 4 is 5.97 Å². The smallest absolute Gasteiger partial charge is 0.356 e. The lowest BCUT2D eigenvalue weighted by Gasteiger charge is -2.18. The van der Waals surface area contributed by atoms with Crippen LogP contribution in [0.1, 0.15) is 23.0 Å². The normalized spacial score (nSPS) is 11.0. The molecule has 6 nitrogen and oxygen atoms in total. The predicted octanol–water partition coefficient (Wildman–Crippen LogP) is -0.0675. The lowest BCUT2D eigenvalue weighted by atomic mass is 10.2. The summed E-state index contributed by atoms with van der Waals surface area (Å²) in [6.07, 6.45) is 1.70. The molecule has 6 heteroatoms. The van der Waals surface area contributed by atoms with Crippen molar-refractivity contribution in [1.82, 2.24) is 14.7 Å². The second-order valence-electron chi connectivity index (χ2n) is 3.57. The molecule has 2 N–H and O–H groups in total. The first-order chi connectivity index (χ1) is 7.58. The van der Waals surface area contributed by atoms with Gasteiger partial charge in [0.25, 0.3) is 0 Å². The Balaban J connectivity index is 2.82. The van der Waals surface area contributed by atoms with Gasteiger partial charge < -0.3 is 10.2 Å². The fourth-order valence-electron chi connectivity index (χ4n) is 1.56. The third-order valence-electron chi connectivity index (χ3n) is 2.36. The number of nitrogens with zero attached hydrogens (tertiary/aromatic N) is 3. The second-order valence-corrected chi connectivity index (χ2v) is 3.57. The Hall–Kier alpha value is -1.40. The summed E-state index contributed by atoms with van der Waals surface area (Å²) < 4.78 is 1.49. The maximum Gasteiger partial charge on any atom is 0.356 e. The molecule has 90 valence electrons. The van der Waals surface area contributed by atoms with Crippen LogP contribution in [0.5, 0.6) is 0 Å². The molecule has 0 aliphatic carbocycles. The van der Waals surface area contributed by atoms with Crippen LogP contribution in [0, 0.1) is 0 Å². The molecule has 0 saturated carbocycles. The number of aliphatic hydroxyl groups is 1. The third-order valence-corrected chi connectivity index (χ3v) is 2.36. The number of likely N-dealkylation sites (N-methyl/N-ethyl adjacent to an activating group) is 1. The van der Waals surface area contributed by atoms with Crippen molar-refractivity contribution in [2.24, 2.45) is 7.05 Å². The summed E-state index contributed by atoms with van der Waals surface area (Å²) in [5.41, 5.74) is 0.754. The number of carboxylic acids is 1. The Kier molecular flexibility index (Phi) is 4.45. The molecule has 0 atom stereocenters. The van der Waals surface area contributed by atoms with Crippen molar-refractivity contribution in [2.45, 2.75) is 13.5 Å². The van der Waals surface area contributed by atoms with Gasteiger partial charge in [-0.15, -0.1) is 0 Å². The van der Waals surface area contributed by atoms with Crippen molar-refractivity contribution in [1.29, 1.82) is 0 Å². The first-order valence-corrected chi connectivity index (χ1v) is 5.17. The Morgan fingerprint density at radius 1 is 1.62 bits per heavy atom. The van der Waals surface area contributed by atoms with E-state index in [0.717, 1.165) is 6.54 Å². The van der Waals surface area contributed by atoms with E-state index in [1.165, 1.54) is 4.68 Å². The van der Waals surface area contributed by atoms with E-state index >= 15 is 0 Å². The Bertz CT molecular complexity index is 362. The summed E-state index contributed by atoms with van der Waals surface area (Å²) >= 11 is 0. The maximum absolute atomic E-state index is 10.9. The van der Waals surface area contributed by atoms with Gasteiger partial charge in [0.05, 0.1) is 6.61 Å². The van der Waals surface area contributed by atoms with Crippen molar-refractivity contribution < 1.29 is 15.0 Å². The zero-order valence-electron chi connectivity index (χ0n) is 9.55. The molecule has 0 bridgehead atoms. The summed E-state index contributed by atoms with van der Waals surface area (Å²) in [5, 5.41) is 21.7. The molecule has 0 aromatic carbocycles. The van der Waals surface area contributed by atoms with Gasteiger partial charge in [-0.05, 0) is 6.54 Å². The van der Waals surface area contributed by atoms with E-state index in [4.69, 9.17) is 10.2 Å². The number of aromatic carboxylic acids is 1. The Labute approximate surface area is 94.1 Å². The van der Waals surface area contributed by atoms with Gasteiger partial charge in [0.2, 0.25) is 0 Å². The van der Waals surface area contributed by atoms with Crippen molar-refractivity contribution in [3.8, 4) is 0 Å². The minimum absolute atomic E-state index is 0.0660. The summed E-state index contributed by atoms with van der Waals surface area (Å²) in [5.74, 6) is -1.02. The van der Waals surface area contributed by atoms with Gasteiger partial charge >= 0.3 is 5.97 Å². The fraction of sp³-hybridized carbons (Fsp3) is 0.600. The van der Waals surface area contributed by atoms with E-state index in [1.54, 1.807) is 13.2 Å². The largest absolute Gasteiger partial charge is 0.476 e. The number of carbonyl (C=O) groups is 1. The molecule has 1 heterocycles. The quantitative estimate of drug-likeness (QED) is 0.711. The van der Waals surface area contributed by atoms with Gasteiger partial charge in [0, 0.05) is 31.9 Å². The van der Waals surface area contributed by atoms with E-state index in [1.807, 2.05) is 11.8 Å². The minimum Gasteiger partial charge on any atom is -0.476 e. The number of rotatable bonds is 6. The molecular weight excluding hydrogens is 210 g/mol. The van der Waals surface area contributed by atoms with E-state index in [0.29, 0.717) is 18.7 Å². The topological polar surface area (TPSA) is 78.6 Å². The molecule has 16 heavy (non-hydrogen) atoms. The molecule has 0 saturated heterocycles. The zero-order valence-corrected chi connectivity index (χ0v) is 9.55. The third kappa shape index (κ3) is 3.04. The van der Waals surface area contributed by atoms with E-state index in [-0.39, 0.29) is 12.3 Å². The van der Waals surface area contributed by atoms with E-state index < -0.39 is 5.97 Å². The number of aliphatic hydroxyl groups excluding tert-OH is 1. The molecule has 1 aromatic rings. The molecular formula is C10H17N3O3. The molecule has 0 amide bonds. The monoisotopic (exact) mass is 227 g/mol. The zero-order chi connectivity index (χ0) is 12.1. The van der Waals surface area contributed by atoms with Crippen LogP contribution in [0.25, 0.3) is 0 Å². The minimum atomic E-state index is -1.02. The van der Waals surface area contributed by atoms with Crippen LogP contribution in [0.4, 0.5) is 0 Å². The summed E-state index contributed by atoms with van der Waals surface area (Å²) in [7, 11) is 1.69. The molecule has 0 fully saturated rings. The highest BCUT2D eigenvalue weighted by Crippen LogP contribution is 2.09. The average molecular weight is 227 g/mol. The summed E-state index contributed by atoms with van der Waals surface area (Å²) in [6, 6.07) is 0. The van der Waals surface area contributed by atoms with Gasteiger partial charge in [0.1, 0.15) is 0 Å². The molecule has 0 spiro atoms. The van der Waals surface area contributed by atoms with Crippen molar-refractivity contribution in [3.05, 3.63) is 17.5 Å². The van der Waals surface area contributed by atoms with Crippen LogP contribution in [-0.4, -0.2) is 50.6 Å². The molecule has 0 unspecified atom stereocenters. The van der Waals surface area contributed by atoms with Gasteiger partial charge in [-0.25, -0.2) is 4.79 Å². The molecule has 0 aliphatic heterocycles. The van der Waals surface area contributed by atoms with Crippen LogP contribution < -0.4 is 0 Å². The molecule has 0 radical (unpaired) electrons. The van der Waals surface area contributed by atoms with Crippen LogP contribution in [0.15, 0.2) is 6.20 Å². The lowest BCUT2D eigenvalue weighted by molar-refractivity contribution is 0.0687. The van der Waals surface area contributed by atoms with Crippen LogP contribution in [-0.2, 0) is 13.6 Å². The van der Waals surface area contributed by atoms with Crippen LogP contribution in [0.3, 0.4) is 0 Å². The van der Waals surface area contributed by atoms with E-state index in [2.05, 4.69) is 5.10 Å². The lowest BCUT2D eigenvalue weighted by Crippen LogP contribution is -2.26. The van der Waals surface area contributed by atoms with Crippen molar-refractivity contribution in [2.75, 3.05) is 19.7 Å². The number of hydrogen-bond donors (Lipinski definition) is 2. The van der Waals surface area contributed by atoms with Crippen LogP contribution in [0.2, 0.25) is 0 Å². The first-order valence-electron chi connectivity index (χ1n) is 5.17. The SMILES string of the molecule is CCN(CCO)Cc1cn(C)nc1C(=O)O. The van der Waals surface area contributed by atoms with Crippen LogP contribution >= 0.6 is 0 Å². The molecule has 1 aromatic heterocycles. The highest BCUT2D eigenvalue weighted by Gasteiger charge is 2.16. The Morgan fingerprint density at radius 2 is 2.31 bits per heavy atom. The standard InChI is InChI=1S/C10H17N3O3/c1-3-13(4-5-14)7-8-6-12(2)11-9(8)10(15)16/h6,14H,3-5,7H2,1-2H3,(H,15,16). The number of hydrogen-bond acceptors (Lipinski definition) is 4. The summed E-state index contributed by atoms with van der Waals surface area (Å²) in [6.45, 7) is 3.81.